The van der Waals surface area contributed by atoms with E-state index in [-0.39, 0.29) is 11.9 Å². The van der Waals surface area contributed by atoms with Gasteiger partial charge in [-0.25, -0.2) is 4.39 Å². The lowest BCUT2D eigenvalue weighted by Crippen LogP contribution is -2.52. The topological polar surface area (TPSA) is 29.3 Å². The third-order valence-electron chi connectivity index (χ3n) is 3.16. The SMILES string of the molecule is CCC(N(C)C)C(C)(N)c1ccccc1F. The quantitative estimate of drug-likeness (QED) is 0.850. The highest BCUT2D eigenvalue weighted by molar-refractivity contribution is 5.27. The Balaban J connectivity index is 3.14. The van der Waals surface area contributed by atoms with Crippen LogP contribution in [0.2, 0.25) is 0 Å². The average molecular weight is 224 g/mol. The zero-order chi connectivity index (χ0) is 12.3. The van der Waals surface area contributed by atoms with Crippen molar-refractivity contribution in [2.75, 3.05) is 14.1 Å². The Morgan fingerprint density at radius 2 is 1.94 bits per heavy atom. The summed E-state index contributed by atoms with van der Waals surface area (Å²) in [7, 11) is 3.94. The van der Waals surface area contributed by atoms with E-state index in [1.54, 1.807) is 12.1 Å². The lowest BCUT2D eigenvalue weighted by Gasteiger charge is -2.38. The van der Waals surface area contributed by atoms with Crippen molar-refractivity contribution in [3.05, 3.63) is 35.6 Å². The fourth-order valence-corrected chi connectivity index (χ4v) is 2.40. The van der Waals surface area contributed by atoms with Crippen LogP contribution in [0.4, 0.5) is 4.39 Å². The molecule has 0 bridgehead atoms. The van der Waals surface area contributed by atoms with Gasteiger partial charge in [-0.05, 0) is 33.5 Å². The summed E-state index contributed by atoms with van der Waals surface area (Å²) in [5, 5.41) is 0. The zero-order valence-corrected chi connectivity index (χ0v) is 10.5. The predicted octanol–water partition coefficient (Wildman–Crippen LogP) is 2.34. The summed E-state index contributed by atoms with van der Waals surface area (Å²) in [5.74, 6) is -0.229. The van der Waals surface area contributed by atoms with Gasteiger partial charge in [-0.2, -0.15) is 0 Å². The summed E-state index contributed by atoms with van der Waals surface area (Å²) in [6.45, 7) is 3.95. The maximum atomic E-state index is 13.7. The molecular weight excluding hydrogens is 203 g/mol. The van der Waals surface area contributed by atoms with E-state index in [9.17, 15) is 4.39 Å². The van der Waals surface area contributed by atoms with Crippen LogP contribution in [0.25, 0.3) is 0 Å². The largest absolute Gasteiger partial charge is 0.320 e. The van der Waals surface area contributed by atoms with Crippen LogP contribution in [-0.4, -0.2) is 25.0 Å². The lowest BCUT2D eigenvalue weighted by atomic mass is 9.83. The highest BCUT2D eigenvalue weighted by Gasteiger charge is 2.34. The molecule has 2 atom stereocenters. The summed E-state index contributed by atoms with van der Waals surface area (Å²) in [6.07, 6.45) is 0.883. The molecule has 0 fully saturated rings. The molecule has 0 spiro atoms. The molecule has 90 valence electrons. The Labute approximate surface area is 97.3 Å². The summed E-state index contributed by atoms with van der Waals surface area (Å²) < 4.78 is 13.7. The van der Waals surface area contributed by atoms with E-state index in [2.05, 4.69) is 6.92 Å². The van der Waals surface area contributed by atoms with Gasteiger partial charge in [0.15, 0.2) is 0 Å². The van der Waals surface area contributed by atoms with Crippen LogP contribution in [-0.2, 0) is 5.54 Å². The van der Waals surface area contributed by atoms with E-state index in [0.717, 1.165) is 6.42 Å². The molecule has 0 saturated carbocycles. The molecule has 0 saturated heterocycles. The number of hydrogen-bond donors (Lipinski definition) is 1. The van der Waals surface area contributed by atoms with Crippen molar-refractivity contribution in [2.45, 2.75) is 31.8 Å². The van der Waals surface area contributed by atoms with Crippen LogP contribution in [0.15, 0.2) is 24.3 Å². The average Bonchev–Trinajstić information content (AvgIpc) is 2.17. The van der Waals surface area contributed by atoms with E-state index in [1.807, 2.05) is 32.0 Å². The number of hydrogen-bond acceptors (Lipinski definition) is 2. The van der Waals surface area contributed by atoms with Gasteiger partial charge in [-0.15, -0.1) is 0 Å². The van der Waals surface area contributed by atoms with E-state index in [4.69, 9.17) is 5.73 Å². The molecule has 3 heteroatoms. The highest BCUT2D eigenvalue weighted by Crippen LogP contribution is 2.28. The molecule has 1 rings (SSSR count). The normalized spacial score (nSPS) is 17.2. The van der Waals surface area contributed by atoms with Crippen molar-refractivity contribution in [3.63, 3.8) is 0 Å². The Hall–Kier alpha value is -0.930. The van der Waals surface area contributed by atoms with Crippen molar-refractivity contribution >= 4 is 0 Å². The Morgan fingerprint density at radius 3 is 2.38 bits per heavy atom. The van der Waals surface area contributed by atoms with Crippen molar-refractivity contribution in [1.29, 1.82) is 0 Å². The van der Waals surface area contributed by atoms with Gasteiger partial charge in [0.2, 0.25) is 0 Å². The fraction of sp³-hybridized carbons (Fsp3) is 0.538. The maximum absolute atomic E-state index is 13.7. The molecule has 16 heavy (non-hydrogen) atoms. The Kier molecular flexibility index (Phi) is 4.05. The first-order chi connectivity index (χ1) is 7.41. The molecule has 0 amide bonds. The number of halogens is 1. The second kappa shape index (κ2) is 4.93. The maximum Gasteiger partial charge on any atom is 0.128 e. The molecule has 1 aromatic rings. The molecule has 2 unspecified atom stereocenters. The van der Waals surface area contributed by atoms with Crippen molar-refractivity contribution in [3.8, 4) is 0 Å². The van der Waals surface area contributed by atoms with Crippen LogP contribution < -0.4 is 5.73 Å². The van der Waals surface area contributed by atoms with Gasteiger partial charge in [0.25, 0.3) is 0 Å². The minimum Gasteiger partial charge on any atom is -0.320 e. The molecule has 2 nitrogen and oxygen atoms in total. The zero-order valence-electron chi connectivity index (χ0n) is 10.5. The molecule has 0 aromatic heterocycles. The standard InChI is InChI=1S/C13H21FN2/c1-5-12(16(3)4)13(2,15)10-8-6-7-9-11(10)14/h6-9,12H,5,15H2,1-4H3. The van der Waals surface area contributed by atoms with Crippen molar-refractivity contribution in [1.82, 2.24) is 4.90 Å². The first-order valence-corrected chi connectivity index (χ1v) is 5.61. The molecule has 0 heterocycles. The van der Waals surface area contributed by atoms with Gasteiger partial charge in [0.1, 0.15) is 5.82 Å². The summed E-state index contributed by atoms with van der Waals surface area (Å²) in [5.41, 5.74) is 6.22. The van der Waals surface area contributed by atoms with Gasteiger partial charge in [0, 0.05) is 11.6 Å². The van der Waals surface area contributed by atoms with Gasteiger partial charge in [-0.1, -0.05) is 25.1 Å². The van der Waals surface area contributed by atoms with Crippen LogP contribution >= 0.6 is 0 Å². The second-order valence-electron chi connectivity index (χ2n) is 4.65. The molecule has 0 aliphatic heterocycles. The number of rotatable bonds is 4. The second-order valence-corrected chi connectivity index (χ2v) is 4.65. The molecule has 0 aliphatic carbocycles. The van der Waals surface area contributed by atoms with E-state index in [0.29, 0.717) is 5.56 Å². The van der Waals surface area contributed by atoms with Crippen molar-refractivity contribution < 1.29 is 4.39 Å². The minimum atomic E-state index is -0.677. The van der Waals surface area contributed by atoms with E-state index in [1.165, 1.54) is 6.07 Å². The van der Waals surface area contributed by atoms with E-state index >= 15 is 0 Å². The first kappa shape index (κ1) is 13.1. The molecule has 1 aromatic carbocycles. The summed E-state index contributed by atoms with van der Waals surface area (Å²) >= 11 is 0. The number of benzene rings is 1. The first-order valence-electron chi connectivity index (χ1n) is 5.61. The number of nitrogens with zero attached hydrogens (tertiary/aromatic N) is 1. The predicted molar refractivity (Wildman–Crippen MR) is 65.7 cm³/mol. The van der Waals surface area contributed by atoms with Crippen LogP contribution in [0.5, 0.6) is 0 Å². The molecule has 0 radical (unpaired) electrons. The third-order valence-corrected chi connectivity index (χ3v) is 3.16. The van der Waals surface area contributed by atoms with E-state index < -0.39 is 5.54 Å². The molecule has 2 N–H and O–H groups in total. The van der Waals surface area contributed by atoms with Gasteiger partial charge in [-0.3, -0.25) is 0 Å². The fourth-order valence-electron chi connectivity index (χ4n) is 2.40. The smallest absolute Gasteiger partial charge is 0.128 e. The Bertz CT molecular complexity index is 348. The molecule has 0 aliphatic rings. The van der Waals surface area contributed by atoms with Crippen molar-refractivity contribution in [2.24, 2.45) is 5.73 Å². The highest BCUT2D eigenvalue weighted by atomic mass is 19.1. The van der Waals surface area contributed by atoms with Crippen LogP contribution in [0, 0.1) is 5.82 Å². The molecular formula is C13H21FN2. The van der Waals surface area contributed by atoms with Gasteiger partial charge < -0.3 is 10.6 Å². The monoisotopic (exact) mass is 224 g/mol. The third kappa shape index (κ3) is 2.42. The summed E-state index contributed by atoms with van der Waals surface area (Å²) in [4.78, 5) is 2.05. The minimum absolute atomic E-state index is 0.115. The lowest BCUT2D eigenvalue weighted by molar-refractivity contribution is 0.180. The van der Waals surface area contributed by atoms with Gasteiger partial charge in [0.05, 0.1) is 5.54 Å². The number of likely N-dealkylation sites (N-methyl/N-ethyl adjacent to an activating group) is 1. The summed E-state index contributed by atoms with van der Waals surface area (Å²) in [6, 6.07) is 6.85. The van der Waals surface area contributed by atoms with Crippen LogP contribution in [0.3, 0.4) is 0 Å². The van der Waals surface area contributed by atoms with Gasteiger partial charge >= 0.3 is 0 Å². The Morgan fingerprint density at radius 1 is 1.38 bits per heavy atom. The number of nitrogens with two attached hydrogens (primary N) is 1. The van der Waals surface area contributed by atoms with Crippen LogP contribution in [0.1, 0.15) is 25.8 Å².